The predicted octanol–water partition coefficient (Wildman–Crippen LogP) is 4.31. The van der Waals surface area contributed by atoms with Gasteiger partial charge in [0.2, 0.25) is 11.8 Å². The molecule has 6 N–H and O–H groups in total. The Hall–Kier alpha value is -5.03. The van der Waals surface area contributed by atoms with Crippen LogP contribution in [-0.2, 0) is 16.0 Å². The third kappa shape index (κ3) is 6.32. The fourth-order valence-corrected chi connectivity index (χ4v) is 6.05. The van der Waals surface area contributed by atoms with E-state index in [0.29, 0.717) is 36.0 Å². The molecule has 1 saturated carbocycles. The second kappa shape index (κ2) is 12.7. The number of nitrogens with one attached hydrogen (secondary N) is 4. The number of rotatable bonds is 9. The number of fused-ring (bicyclic) bond motifs is 1. The van der Waals surface area contributed by atoms with Gasteiger partial charge in [0.05, 0.1) is 11.7 Å². The van der Waals surface area contributed by atoms with Crippen molar-refractivity contribution in [2.24, 2.45) is 17.6 Å². The Bertz CT molecular complexity index is 1830. The molecule has 5 aromatic rings. The number of amides is 2. The summed E-state index contributed by atoms with van der Waals surface area (Å²) in [5, 5.41) is 18.0. The Morgan fingerprint density at radius 1 is 1.05 bits per heavy atom. The van der Waals surface area contributed by atoms with Gasteiger partial charge in [-0.3, -0.25) is 24.2 Å². The maximum atomic E-state index is 13.7. The first kappa shape index (κ1) is 29.1. The van der Waals surface area contributed by atoms with Gasteiger partial charge in [-0.05, 0) is 97.7 Å². The molecule has 1 aliphatic rings. The lowest BCUT2D eigenvalue weighted by Crippen LogP contribution is -2.48. The van der Waals surface area contributed by atoms with Crippen molar-refractivity contribution in [3.8, 4) is 22.5 Å². The minimum absolute atomic E-state index is 0.110. The summed E-state index contributed by atoms with van der Waals surface area (Å²) in [5.41, 5.74) is 12.1. The molecule has 1 unspecified atom stereocenters. The smallest absolute Gasteiger partial charge is 0.344 e. The van der Waals surface area contributed by atoms with Crippen LogP contribution < -0.4 is 22.1 Å². The molecule has 0 spiro atoms. The van der Waals surface area contributed by atoms with Gasteiger partial charge in [0, 0.05) is 29.0 Å². The number of carbonyl (C=O) groups excluding carboxylic acids is 2. The van der Waals surface area contributed by atoms with Crippen LogP contribution in [0.3, 0.4) is 0 Å². The molecule has 0 aliphatic heterocycles. The Kier molecular flexibility index (Phi) is 8.38. The van der Waals surface area contributed by atoms with Crippen LogP contribution in [0.15, 0.2) is 76.2 Å². The Balaban J connectivity index is 1.24. The molecule has 11 heteroatoms. The fourth-order valence-electron chi connectivity index (χ4n) is 6.05. The number of hydrogen-bond donors (Lipinski definition) is 5. The van der Waals surface area contributed by atoms with Crippen LogP contribution in [0.4, 0.5) is 5.69 Å². The molecule has 1 fully saturated rings. The highest BCUT2D eigenvalue weighted by atomic mass is 16.5. The average Bonchev–Trinajstić information content (AvgIpc) is 3.70. The second-order valence-corrected chi connectivity index (χ2v) is 11.5. The number of aryl methyl sites for hydroxylation is 1. The first-order chi connectivity index (χ1) is 21.4. The van der Waals surface area contributed by atoms with Crippen molar-refractivity contribution in [1.29, 1.82) is 0 Å². The standard InChI is InChI=1S/C33H35N7O4/c1-19-5-14-27-26(18-35-39-27)29(19)24-4-2-3-21(15-24)16-28(37-31(41)23-8-6-20(17-34)7-9-23)32(42)36-25-12-10-22(11-13-25)30-38-33(43)44-40-30/h2-5,10-15,18,20,23,28H,6-9,16-17,34H2,1H3,(H,35,39)(H,36,42)(H,37,41)(H,38,40,43). The summed E-state index contributed by atoms with van der Waals surface area (Å²) in [4.78, 5) is 41.0. The van der Waals surface area contributed by atoms with E-state index in [1.165, 1.54) is 0 Å². The zero-order valence-electron chi connectivity index (χ0n) is 24.4. The van der Waals surface area contributed by atoms with Gasteiger partial charge in [-0.15, -0.1) is 0 Å². The number of carbonyl (C=O) groups is 2. The topological polar surface area (TPSA) is 172 Å². The Morgan fingerprint density at radius 2 is 1.84 bits per heavy atom. The van der Waals surface area contributed by atoms with Gasteiger partial charge < -0.3 is 16.4 Å². The number of nitrogens with zero attached hydrogens (tertiary/aromatic N) is 2. The zero-order valence-corrected chi connectivity index (χ0v) is 24.4. The minimum Gasteiger partial charge on any atom is -0.344 e. The minimum atomic E-state index is -0.803. The molecule has 2 heterocycles. The highest BCUT2D eigenvalue weighted by molar-refractivity contribution is 5.98. The highest BCUT2D eigenvalue weighted by Gasteiger charge is 2.29. The van der Waals surface area contributed by atoms with Gasteiger partial charge in [-0.2, -0.15) is 5.10 Å². The van der Waals surface area contributed by atoms with Crippen LogP contribution >= 0.6 is 0 Å². The molecule has 6 rings (SSSR count). The SMILES string of the molecule is Cc1ccc2[nH]ncc2c1-c1cccc(CC(NC(=O)C2CCC(CN)CC2)C(=O)Nc2ccc(-c3noc(=O)[nH]3)cc2)c1. The lowest BCUT2D eigenvalue weighted by atomic mass is 9.81. The van der Waals surface area contributed by atoms with E-state index in [9.17, 15) is 14.4 Å². The monoisotopic (exact) mass is 593 g/mol. The quantitative estimate of drug-likeness (QED) is 0.169. The summed E-state index contributed by atoms with van der Waals surface area (Å²) in [6.07, 6.45) is 5.48. The van der Waals surface area contributed by atoms with Crippen molar-refractivity contribution in [3.05, 3.63) is 88.5 Å². The van der Waals surface area contributed by atoms with E-state index in [1.54, 1.807) is 24.3 Å². The molecule has 0 bridgehead atoms. The predicted molar refractivity (Wildman–Crippen MR) is 168 cm³/mol. The molecule has 0 radical (unpaired) electrons. The third-order valence-corrected chi connectivity index (χ3v) is 8.54. The first-order valence-corrected chi connectivity index (χ1v) is 14.9. The summed E-state index contributed by atoms with van der Waals surface area (Å²) in [6.45, 7) is 2.70. The van der Waals surface area contributed by atoms with Gasteiger partial charge in [0.1, 0.15) is 6.04 Å². The van der Waals surface area contributed by atoms with Crippen molar-refractivity contribution < 1.29 is 14.1 Å². The van der Waals surface area contributed by atoms with E-state index in [-0.39, 0.29) is 17.7 Å². The average molecular weight is 594 g/mol. The van der Waals surface area contributed by atoms with E-state index < -0.39 is 11.8 Å². The molecule has 3 aromatic carbocycles. The maximum absolute atomic E-state index is 13.7. The summed E-state index contributed by atoms with van der Waals surface area (Å²) >= 11 is 0. The van der Waals surface area contributed by atoms with Crippen molar-refractivity contribution in [1.82, 2.24) is 25.7 Å². The van der Waals surface area contributed by atoms with Crippen LogP contribution in [0.1, 0.15) is 36.8 Å². The number of benzene rings is 3. The van der Waals surface area contributed by atoms with E-state index in [0.717, 1.165) is 58.8 Å². The number of hydrogen-bond acceptors (Lipinski definition) is 7. The van der Waals surface area contributed by atoms with Crippen LogP contribution in [0, 0.1) is 18.8 Å². The lowest BCUT2D eigenvalue weighted by molar-refractivity contribution is -0.130. The molecule has 0 saturated heterocycles. The maximum Gasteiger partial charge on any atom is 0.439 e. The number of anilines is 1. The molecule has 1 atom stereocenters. The number of aromatic nitrogens is 4. The van der Waals surface area contributed by atoms with Gasteiger partial charge in [-0.25, -0.2) is 4.79 Å². The fraction of sp³-hybridized carbons (Fsp3) is 0.303. The van der Waals surface area contributed by atoms with Gasteiger partial charge in [0.15, 0.2) is 5.82 Å². The molecule has 2 aromatic heterocycles. The van der Waals surface area contributed by atoms with Crippen molar-refractivity contribution in [2.75, 3.05) is 11.9 Å². The zero-order chi connectivity index (χ0) is 30.6. The number of aromatic amines is 2. The van der Waals surface area contributed by atoms with E-state index in [2.05, 4.69) is 54.6 Å². The molecule has 2 amide bonds. The molecule has 11 nitrogen and oxygen atoms in total. The third-order valence-electron chi connectivity index (χ3n) is 8.54. The van der Waals surface area contributed by atoms with Crippen molar-refractivity contribution >= 4 is 28.4 Å². The molecular formula is C33H35N7O4. The molecule has 1 aliphatic carbocycles. The molecule has 44 heavy (non-hydrogen) atoms. The second-order valence-electron chi connectivity index (χ2n) is 11.5. The summed E-state index contributed by atoms with van der Waals surface area (Å²) in [6, 6.07) is 18.2. The highest BCUT2D eigenvalue weighted by Crippen LogP contribution is 2.32. The number of nitrogens with two attached hydrogens (primary N) is 1. The van der Waals surface area contributed by atoms with Crippen molar-refractivity contribution in [3.63, 3.8) is 0 Å². The van der Waals surface area contributed by atoms with Crippen LogP contribution in [0.5, 0.6) is 0 Å². The largest absolute Gasteiger partial charge is 0.439 e. The lowest BCUT2D eigenvalue weighted by Gasteiger charge is -2.28. The van der Waals surface area contributed by atoms with Crippen LogP contribution in [0.25, 0.3) is 33.4 Å². The molecular weight excluding hydrogens is 558 g/mol. The van der Waals surface area contributed by atoms with E-state index in [1.807, 2.05) is 30.5 Å². The van der Waals surface area contributed by atoms with Gasteiger partial charge in [-0.1, -0.05) is 35.5 Å². The first-order valence-electron chi connectivity index (χ1n) is 14.9. The van der Waals surface area contributed by atoms with Gasteiger partial charge in [0.25, 0.3) is 0 Å². The van der Waals surface area contributed by atoms with Crippen LogP contribution in [0.2, 0.25) is 0 Å². The Labute approximate surface area is 253 Å². The molecule has 226 valence electrons. The van der Waals surface area contributed by atoms with Crippen molar-refractivity contribution in [2.45, 2.75) is 45.1 Å². The van der Waals surface area contributed by atoms with E-state index in [4.69, 9.17) is 5.73 Å². The summed E-state index contributed by atoms with van der Waals surface area (Å²) < 4.78 is 4.58. The summed E-state index contributed by atoms with van der Waals surface area (Å²) in [5.74, 6) is -0.486. The van der Waals surface area contributed by atoms with Crippen LogP contribution in [-0.4, -0.2) is 44.7 Å². The Morgan fingerprint density at radius 3 is 2.57 bits per heavy atom. The number of H-pyrrole nitrogens is 2. The normalized spacial score (nSPS) is 17.3. The van der Waals surface area contributed by atoms with Gasteiger partial charge >= 0.3 is 5.76 Å². The summed E-state index contributed by atoms with van der Waals surface area (Å²) in [7, 11) is 0. The van der Waals surface area contributed by atoms with E-state index >= 15 is 0 Å².